The maximum atomic E-state index is 5.85. The van der Waals surface area contributed by atoms with E-state index >= 15 is 0 Å². The first-order valence-corrected chi connectivity index (χ1v) is 4.25. The molecule has 1 aliphatic heterocycles. The summed E-state index contributed by atoms with van der Waals surface area (Å²) >= 11 is 0. The van der Waals surface area contributed by atoms with Gasteiger partial charge in [-0.2, -0.15) is 0 Å². The number of hydrogen-bond donors (Lipinski definition) is 1. The summed E-state index contributed by atoms with van der Waals surface area (Å²) in [5, 5.41) is 0. The highest BCUT2D eigenvalue weighted by molar-refractivity contribution is 4.84. The van der Waals surface area contributed by atoms with E-state index in [2.05, 4.69) is 30.8 Å². The lowest BCUT2D eigenvalue weighted by Gasteiger charge is -2.39. The van der Waals surface area contributed by atoms with Crippen LogP contribution >= 0.6 is 0 Å². The Balaban J connectivity index is 2.47. The first-order chi connectivity index (χ1) is 5.11. The second-order valence-electron chi connectivity index (χ2n) is 3.67. The predicted octanol–water partition coefficient (Wildman–Crippen LogP) is -0.421. The van der Waals surface area contributed by atoms with Crippen LogP contribution in [-0.4, -0.2) is 55.6 Å². The van der Waals surface area contributed by atoms with E-state index < -0.39 is 0 Å². The Hall–Kier alpha value is -0.120. The van der Waals surface area contributed by atoms with Crippen LogP contribution in [0.25, 0.3) is 0 Å². The third kappa shape index (κ3) is 2.15. The first-order valence-electron chi connectivity index (χ1n) is 4.25. The summed E-state index contributed by atoms with van der Waals surface area (Å²) in [5.41, 5.74) is 5.85. The zero-order valence-electron chi connectivity index (χ0n) is 7.75. The maximum Gasteiger partial charge on any atom is 0.0369 e. The molecule has 2 N–H and O–H groups in total. The molecule has 66 valence electrons. The van der Waals surface area contributed by atoms with E-state index in [0.717, 1.165) is 13.1 Å². The summed E-state index contributed by atoms with van der Waals surface area (Å²) in [5.74, 6) is 0. The molecule has 0 unspecified atom stereocenters. The molecule has 3 nitrogen and oxygen atoms in total. The van der Waals surface area contributed by atoms with Crippen LogP contribution in [-0.2, 0) is 0 Å². The Bertz CT molecular complexity index is 125. The van der Waals surface area contributed by atoms with Crippen molar-refractivity contribution in [3.05, 3.63) is 0 Å². The molecule has 1 fully saturated rings. The van der Waals surface area contributed by atoms with Crippen LogP contribution in [0.5, 0.6) is 0 Å². The van der Waals surface area contributed by atoms with Gasteiger partial charge < -0.3 is 10.6 Å². The molecule has 0 aromatic rings. The van der Waals surface area contributed by atoms with Crippen LogP contribution in [0.2, 0.25) is 0 Å². The molecule has 1 aliphatic rings. The van der Waals surface area contributed by atoms with Crippen LogP contribution in [0.15, 0.2) is 0 Å². The molecule has 1 heterocycles. The average molecular weight is 157 g/mol. The molecule has 0 aromatic carbocycles. The van der Waals surface area contributed by atoms with E-state index in [9.17, 15) is 0 Å². The summed E-state index contributed by atoms with van der Waals surface area (Å²) in [6, 6.07) is 0.816. The second-order valence-corrected chi connectivity index (χ2v) is 3.67. The molecule has 1 saturated heterocycles. The van der Waals surface area contributed by atoms with Crippen LogP contribution in [0.3, 0.4) is 0 Å². The van der Waals surface area contributed by atoms with Crippen molar-refractivity contribution in [2.45, 2.75) is 19.0 Å². The molecule has 0 amide bonds. The molecular weight excluding hydrogens is 138 g/mol. The van der Waals surface area contributed by atoms with Crippen molar-refractivity contribution in [2.75, 3.05) is 33.7 Å². The molecule has 0 radical (unpaired) electrons. The summed E-state index contributed by atoms with van der Waals surface area (Å²) in [6.45, 7) is 5.50. The minimum absolute atomic E-state index is 0.280. The van der Waals surface area contributed by atoms with Gasteiger partial charge in [-0.25, -0.2) is 0 Å². The topological polar surface area (TPSA) is 32.5 Å². The summed E-state index contributed by atoms with van der Waals surface area (Å²) in [6.07, 6.45) is 0. The fourth-order valence-electron chi connectivity index (χ4n) is 1.61. The summed E-state index contributed by atoms with van der Waals surface area (Å²) in [4.78, 5) is 4.69. The van der Waals surface area contributed by atoms with Gasteiger partial charge in [-0.15, -0.1) is 0 Å². The van der Waals surface area contributed by atoms with Crippen LogP contribution in [0, 0.1) is 0 Å². The lowest BCUT2D eigenvalue weighted by atomic mass is 10.1. The van der Waals surface area contributed by atoms with Crippen molar-refractivity contribution in [2.24, 2.45) is 5.73 Å². The molecule has 0 aromatic heterocycles. The van der Waals surface area contributed by atoms with Gasteiger partial charge in [-0.1, -0.05) is 0 Å². The quantitative estimate of drug-likeness (QED) is 0.561. The summed E-state index contributed by atoms with van der Waals surface area (Å²) < 4.78 is 0. The number of likely N-dealkylation sites (N-methyl/N-ethyl adjacent to an activating group) is 2. The molecule has 0 aliphatic carbocycles. The van der Waals surface area contributed by atoms with Crippen LogP contribution < -0.4 is 5.73 Å². The number of hydrogen-bond acceptors (Lipinski definition) is 3. The molecule has 0 saturated carbocycles. The van der Waals surface area contributed by atoms with Gasteiger partial charge in [0.15, 0.2) is 0 Å². The van der Waals surface area contributed by atoms with E-state index in [0.29, 0.717) is 6.04 Å². The monoisotopic (exact) mass is 157 g/mol. The Morgan fingerprint density at radius 1 is 1.36 bits per heavy atom. The van der Waals surface area contributed by atoms with Crippen molar-refractivity contribution < 1.29 is 0 Å². The van der Waals surface area contributed by atoms with Crippen molar-refractivity contribution in [3.8, 4) is 0 Å². The van der Waals surface area contributed by atoms with E-state index in [4.69, 9.17) is 5.73 Å². The van der Waals surface area contributed by atoms with Gasteiger partial charge in [0, 0.05) is 31.7 Å². The minimum Gasteiger partial charge on any atom is -0.326 e. The minimum atomic E-state index is 0.280. The molecule has 3 heteroatoms. The molecular formula is C8H19N3. The number of rotatable bonds is 1. The fourth-order valence-corrected chi connectivity index (χ4v) is 1.61. The van der Waals surface area contributed by atoms with Gasteiger partial charge in [0.25, 0.3) is 0 Å². The largest absolute Gasteiger partial charge is 0.326 e. The average Bonchev–Trinajstić information content (AvgIpc) is 1.94. The van der Waals surface area contributed by atoms with Crippen molar-refractivity contribution in [3.63, 3.8) is 0 Å². The molecule has 11 heavy (non-hydrogen) atoms. The third-order valence-electron chi connectivity index (χ3n) is 2.51. The lowest BCUT2D eigenvalue weighted by Crippen LogP contribution is -2.56. The highest BCUT2D eigenvalue weighted by atomic mass is 15.3. The molecule has 1 rings (SSSR count). The Kier molecular flexibility index (Phi) is 2.87. The van der Waals surface area contributed by atoms with E-state index in [1.807, 2.05) is 0 Å². The Morgan fingerprint density at radius 2 is 2.00 bits per heavy atom. The van der Waals surface area contributed by atoms with Gasteiger partial charge in [0.2, 0.25) is 0 Å². The smallest absolute Gasteiger partial charge is 0.0369 e. The maximum absolute atomic E-state index is 5.85. The van der Waals surface area contributed by atoms with Crippen LogP contribution in [0.4, 0.5) is 0 Å². The number of nitrogens with two attached hydrogens (primary N) is 1. The van der Waals surface area contributed by atoms with E-state index in [1.165, 1.54) is 6.54 Å². The van der Waals surface area contributed by atoms with Gasteiger partial charge in [0.1, 0.15) is 0 Å². The lowest BCUT2D eigenvalue weighted by molar-refractivity contribution is 0.101. The molecule has 2 atom stereocenters. The van der Waals surface area contributed by atoms with Crippen molar-refractivity contribution in [1.82, 2.24) is 9.80 Å². The van der Waals surface area contributed by atoms with Crippen LogP contribution in [0.1, 0.15) is 6.92 Å². The highest BCUT2D eigenvalue weighted by Crippen LogP contribution is 2.07. The zero-order valence-corrected chi connectivity index (χ0v) is 7.75. The summed E-state index contributed by atoms with van der Waals surface area (Å²) in [7, 11) is 4.31. The predicted molar refractivity (Wildman–Crippen MR) is 47.6 cm³/mol. The fraction of sp³-hybridized carbons (Fsp3) is 1.00. The number of piperazine rings is 1. The normalized spacial score (nSPS) is 32.2. The van der Waals surface area contributed by atoms with Gasteiger partial charge >= 0.3 is 0 Å². The van der Waals surface area contributed by atoms with E-state index in [1.54, 1.807) is 0 Å². The first kappa shape index (κ1) is 8.97. The standard InChI is InChI=1S/C8H19N3/c1-7(9)8-6-10(2)4-5-11(8)3/h7-8H,4-6,9H2,1-3H3/t7-,8-/m0/s1. The highest BCUT2D eigenvalue weighted by Gasteiger charge is 2.24. The van der Waals surface area contributed by atoms with Gasteiger partial charge in [-0.05, 0) is 21.0 Å². The zero-order chi connectivity index (χ0) is 8.43. The Morgan fingerprint density at radius 3 is 2.45 bits per heavy atom. The van der Waals surface area contributed by atoms with Crippen molar-refractivity contribution in [1.29, 1.82) is 0 Å². The SMILES string of the molecule is C[C@H](N)[C@@H]1CN(C)CCN1C. The van der Waals surface area contributed by atoms with Gasteiger partial charge in [-0.3, -0.25) is 4.90 Å². The van der Waals surface area contributed by atoms with E-state index in [-0.39, 0.29) is 6.04 Å². The second kappa shape index (κ2) is 3.52. The molecule has 0 spiro atoms. The third-order valence-corrected chi connectivity index (χ3v) is 2.51. The molecule has 0 bridgehead atoms. The Labute approximate surface area is 69.1 Å². The van der Waals surface area contributed by atoms with Crippen molar-refractivity contribution >= 4 is 0 Å². The van der Waals surface area contributed by atoms with Gasteiger partial charge in [0.05, 0.1) is 0 Å². The number of nitrogens with zero attached hydrogens (tertiary/aromatic N) is 2.